The maximum atomic E-state index is 12.8. The zero-order chi connectivity index (χ0) is 18.5. The summed E-state index contributed by atoms with van der Waals surface area (Å²) >= 11 is 0. The molecule has 0 atom stereocenters. The molecule has 1 fully saturated rings. The van der Waals surface area contributed by atoms with Gasteiger partial charge in [-0.15, -0.1) is 0 Å². The number of hydrogen-bond donors (Lipinski definition) is 2. The number of aliphatic imine (C=N–C) groups is 1. The van der Waals surface area contributed by atoms with Gasteiger partial charge < -0.3 is 10.6 Å². The van der Waals surface area contributed by atoms with Crippen LogP contribution in [-0.4, -0.2) is 44.4 Å². The molecule has 1 aromatic carbocycles. The maximum absolute atomic E-state index is 12.8. The standard InChI is InChI=1S/C18H30N4O2S/c1-18(2,3)21-17(19-4)20-14-15-9-8-10-16(13-15)25(23,24)22-11-6-5-7-12-22/h8-10,13H,5-7,11-12,14H2,1-4H3,(H2,19,20,21). The highest BCUT2D eigenvalue weighted by atomic mass is 32.2. The van der Waals surface area contributed by atoms with E-state index in [4.69, 9.17) is 0 Å². The first kappa shape index (κ1) is 19.7. The van der Waals surface area contributed by atoms with Crippen molar-refractivity contribution in [3.8, 4) is 0 Å². The molecule has 1 saturated heterocycles. The minimum absolute atomic E-state index is 0.0959. The molecule has 0 amide bonds. The van der Waals surface area contributed by atoms with E-state index >= 15 is 0 Å². The van der Waals surface area contributed by atoms with Crippen molar-refractivity contribution < 1.29 is 8.42 Å². The highest BCUT2D eigenvalue weighted by Crippen LogP contribution is 2.21. The molecule has 140 valence electrons. The van der Waals surface area contributed by atoms with Crippen molar-refractivity contribution in [2.45, 2.75) is 57.0 Å². The summed E-state index contributed by atoms with van der Waals surface area (Å²) in [5.41, 5.74) is 0.816. The van der Waals surface area contributed by atoms with Gasteiger partial charge in [-0.2, -0.15) is 4.31 Å². The molecular formula is C18H30N4O2S. The summed E-state index contributed by atoms with van der Waals surface area (Å²) in [5, 5.41) is 6.52. The molecule has 6 nitrogen and oxygen atoms in total. The first-order valence-corrected chi connectivity index (χ1v) is 10.2. The summed E-state index contributed by atoms with van der Waals surface area (Å²) in [6.07, 6.45) is 2.99. The Balaban J connectivity index is 2.08. The van der Waals surface area contributed by atoms with E-state index < -0.39 is 10.0 Å². The molecule has 0 radical (unpaired) electrons. The lowest BCUT2D eigenvalue weighted by atomic mass is 10.1. The van der Waals surface area contributed by atoms with E-state index in [1.165, 1.54) is 0 Å². The molecule has 25 heavy (non-hydrogen) atoms. The van der Waals surface area contributed by atoms with Crippen molar-refractivity contribution in [1.82, 2.24) is 14.9 Å². The van der Waals surface area contributed by atoms with Crippen molar-refractivity contribution in [2.75, 3.05) is 20.1 Å². The van der Waals surface area contributed by atoms with Gasteiger partial charge in [-0.3, -0.25) is 4.99 Å². The molecule has 1 aliphatic heterocycles. The van der Waals surface area contributed by atoms with Crippen LogP contribution >= 0.6 is 0 Å². The van der Waals surface area contributed by atoms with E-state index in [-0.39, 0.29) is 5.54 Å². The molecule has 1 heterocycles. The van der Waals surface area contributed by atoms with E-state index in [9.17, 15) is 8.42 Å². The van der Waals surface area contributed by atoms with Gasteiger partial charge in [0, 0.05) is 32.2 Å². The Morgan fingerprint density at radius 1 is 1.20 bits per heavy atom. The minimum atomic E-state index is -3.40. The van der Waals surface area contributed by atoms with Crippen LogP contribution < -0.4 is 10.6 Å². The van der Waals surface area contributed by atoms with Gasteiger partial charge in [0.05, 0.1) is 4.90 Å². The lowest BCUT2D eigenvalue weighted by molar-refractivity contribution is 0.346. The van der Waals surface area contributed by atoms with Crippen LogP contribution in [0.5, 0.6) is 0 Å². The molecule has 0 spiro atoms. The number of benzene rings is 1. The molecule has 1 aliphatic rings. The van der Waals surface area contributed by atoms with Crippen LogP contribution in [0, 0.1) is 0 Å². The van der Waals surface area contributed by atoms with E-state index in [1.54, 1.807) is 29.6 Å². The third-order valence-corrected chi connectivity index (χ3v) is 5.92. The second kappa shape index (κ2) is 8.19. The van der Waals surface area contributed by atoms with Crippen molar-refractivity contribution in [2.24, 2.45) is 4.99 Å². The zero-order valence-corrected chi connectivity index (χ0v) is 16.5. The maximum Gasteiger partial charge on any atom is 0.243 e. The predicted octanol–water partition coefficient (Wildman–Crippen LogP) is 2.32. The van der Waals surface area contributed by atoms with Gasteiger partial charge in [0.15, 0.2) is 5.96 Å². The van der Waals surface area contributed by atoms with E-state index in [2.05, 4.69) is 36.4 Å². The highest BCUT2D eigenvalue weighted by molar-refractivity contribution is 7.89. The molecule has 0 bridgehead atoms. The normalized spacial score (nSPS) is 17.4. The Labute approximate surface area is 151 Å². The third kappa shape index (κ3) is 5.71. The average molecular weight is 367 g/mol. The van der Waals surface area contributed by atoms with Crippen molar-refractivity contribution in [1.29, 1.82) is 0 Å². The number of nitrogens with one attached hydrogen (secondary N) is 2. The Morgan fingerprint density at radius 2 is 1.88 bits per heavy atom. The molecule has 0 unspecified atom stereocenters. The number of rotatable bonds is 4. The number of piperidine rings is 1. The molecule has 1 aromatic rings. The topological polar surface area (TPSA) is 73.8 Å². The van der Waals surface area contributed by atoms with E-state index in [0.717, 1.165) is 24.8 Å². The van der Waals surface area contributed by atoms with Gasteiger partial charge in [-0.25, -0.2) is 8.42 Å². The number of sulfonamides is 1. The summed E-state index contributed by atoms with van der Waals surface area (Å²) in [5.74, 6) is 0.691. The Kier molecular flexibility index (Phi) is 6.46. The van der Waals surface area contributed by atoms with Gasteiger partial charge in [-0.1, -0.05) is 18.6 Å². The van der Waals surface area contributed by atoms with E-state index in [0.29, 0.717) is 30.5 Å². The average Bonchev–Trinajstić information content (AvgIpc) is 2.58. The Bertz CT molecular complexity index is 702. The predicted molar refractivity (Wildman–Crippen MR) is 102 cm³/mol. The van der Waals surface area contributed by atoms with Crippen molar-refractivity contribution in [3.05, 3.63) is 29.8 Å². The lowest BCUT2D eigenvalue weighted by Gasteiger charge is -2.26. The van der Waals surface area contributed by atoms with Crippen molar-refractivity contribution in [3.63, 3.8) is 0 Å². The van der Waals surface area contributed by atoms with Crippen LogP contribution in [0.15, 0.2) is 34.2 Å². The monoisotopic (exact) mass is 366 g/mol. The van der Waals surface area contributed by atoms with Crippen LogP contribution in [0.25, 0.3) is 0 Å². The number of nitrogens with zero attached hydrogens (tertiary/aromatic N) is 2. The zero-order valence-electron chi connectivity index (χ0n) is 15.7. The van der Waals surface area contributed by atoms with Crippen LogP contribution in [-0.2, 0) is 16.6 Å². The minimum Gasteiger partial charge on any atom is -0.352 e. The molecule has 0 saturated carbocycles. The van der Waals surface area contributed by atoms with Crippen LogP contribution in [0.3, 0.4) is 0 Å². The summed E-state index contributed by atoms with van der Waals surface area (Å²) in [7, 11) is -1.68. The van der Waals surface area contributed by atoms with E-state index in [1.807, 2.05) is 6.07 Å². The molecule has 2 rings (SSSR count). The van der Waals surface area contributed by atoms with Gasteiger partial charge in [0.2, 0.25) is 10.0 Å². The fourth-order valence-corrected chi connectivity index (χ4v) is 4.38. The molecule has 7 heteroatoms. The molecule has 0 aliphatic carbocycles. The molecule has 2 N–H and O–H groups in total. The lowest BCUT2D eigenvalue weighted by Crippen LogP contribution is -2.47. The second-order valence-corrected chi connectivity index (χ2v) is 9.35. The van der Waals surface area contributed by atoms with Gasteiger partial charge in [0.1, 0.15) is 0 Å². The van der Waals surface area contributed by atoms with Crippen molar-refractivity contribution >= 4 is 16.0 Å². The summed E-state index contributed by atoms with van der Waals surface area (Å²) in [6, 6.07) is 7.15. The largest absolute Gasteiger partial charge is 0.352 e. The molecule has 0 aromatic heterocycles. The van der Waals surface area contributed by atoms with Gasteiger partial charge in [-0.05, 0) is 51.3 Å². The van der Waals surface area contributed by atoms with Crippen LogP contribution in [0.4, 0.5) is 0 Å². The highest BCUT2D eigenvalue weighted by Gasteiger charge is 2.25. The number of hydrogen-bond acceptors (Lipinski definition) is 3. The van der Waals surface area contributed by atoms with Crippen LogP contribution in [0.1, 0.15) is 45.6 Å². The third-order valence-electron chi connectivity index (χ3n) is 4.03. The number of guanidine groups is 1. The smallest absolute Gasteiger partial charge is 0.243 e. The summed E-state index contributed by atoms with van der Waals surface area (Å²) in [4.78, 5) is 4.57. The fraction of sp³-hybridized carbons (Fsp3) is 0.611. The Hall–Kier alpha value is -1.60. The van der Waals surface area contributed by atoms with Gasteiger partial charge >= 0.3 is 0 Å². The first-order chi connectivity index (χ1) is 11.7. The molecular weight excluding hydrogens is 336 g/mol. The first-order valence-electron chi connectivity index (χ1n) is 8.80. The fourth-order valence-electron chi connectivity index (χ4n) is 2.79. The SMILES string of the molecule is CN=C(NCc1cccc(S(=O)(=O)N2CCCCC2)c1)NC(C)(C)C. The summed E-state index contributed by atoms with van der Waals surface area (Å²) in [6.45, 7) is 7.93. The van der Waals surface area contributed by atoms with Gasteiger partial charge in [0.25, 0.3) is 0 Å². The quantitative estimate of drug-likeness (QED) is 0.634. The van der Waals surface area contributed by atoms with Crippen LogP contribution in [0.2, 0.25) is 0 Å². The Morgan fingerprint density at radius 3 is 2.48 bits per heavy atom. The second-order valence-electron chi connectivity index (χ2n) is 7.41. The summed E-state index contributed by atoms with van der Waals surface area (Å²) < 4.78 is 27.2.